The van der Waals surface area contributed by atoms with Gasteiger partial charge in [-0.3, -0.25) is 0 Å². The van der Waals surface area contributed by atoms with E-state index >= 15 is 0 Å². The molecular weight excluding hydrogens is 242 g/mol. The molecule has 0 unspecified atom stereocenters. The van der Waals surface area contributed by atoms with Crippen LogP contribution in [0.5, 0.6) is 5.75 Å². The fraction of sp³-hybridized carbons (Fsp3) is 0.600. The molecule has 0 heterocycles. The van der Waals surface area contributed by atoms with E-state index in [0.29, 0.717) is 26.4 Å². The first-order valence-corrected chi connectivity index (χ1v) is 6.70. The third-order valence-electron chi connectivity index (χ3n) is 2.78. The summed E-state index contributed by atoms with van der Waals surface area (Å²) in [7, 11) is 1.67. The molecule has 1 aromatic rings. The van der Waals surface area contributed by atoms with Gasteiger partial charge in [0.25, 0.3) is 0 Å². The highest BCUT2D eigenvalue weighted by Crippen LogP contribution is 2.25. The molecule has 0 amide bonds. The maximum atomic E-state index is 5.95. The fourth-order valence-electron chi connectivity index (χ4n) is 1.74. The zero-order chi connectivity index (χ0) is 14.1. The summed E-state index contributed by atoms with van der Waals surface area (Å²) in [6.07, 6.45) is 0.857. The van der Waals surface area contributed by atoms with Crippen LogP contribution in [0.4, 0.5) is 0 Å². The highest BCUT2D eigenvalue weighted by Gasteiger charge is 2.08. The molecule has 108 valence electrons. The lowest BCUT2D eigenvalue weighted by Crippen LogP contribution is -2.10. The number of ether oxygens (including phenoxy) is 3. The highest BCUT2D eigenvalue weighted by atomic mass is 16.5. The second kappa shape index (κ2) is 8.91. The molecule has 0 spiro atoms. The Hall–Kier alpha value is -1.10. The van der Waals surface area contributed by atoms with E-state index in [2.05, 4.69) is 13.0 Å². The van der Waals surface area contributed by atoms with Crippen LogP contribution < -0.4 is 10.5 Å². The SMILES string of the molecule is COCCOCCCOc1ccc(C)cc1[C@H](C)N. The number of rotatable bonds is 9. The highest BCUT2D eigenvalue weighted by molar-refractivity contribution is 5.38. The second-order valence-electron chi connectivity index (χ2n) is 4.64. The van der Waals surface area contributed by atoms with Crippen LogP contribution in [0, 0.1) is 6.92 Å². The van der Waals surface area contributed by atoms with Crippen LogP contribution in [0.2, 0.25) is 0 Å². The zero-order valence-corrected chi connectivity index (χ0v) is 12.1. The number of benzene rings is 1. The van der Waals surface area contributed by atoms with Crippen molar-refractivity contribution in [1.29, 1.82) is 0 Å². The Morgan fingerprint density at radius 1 is 1.16 bits per heavy atom. The summed E-state index contributed by atoms with van der Waals surface area (Å²) >= 11 is 0. The fourth-order valence-corrected chi connectivity index (χ4v) is 1.74. The smallest absolute Gasteiger partial charge is 0.124 e. The predicted molar refractivity (Wildman–Crippen MR) is 76.6 cm³/mol. The topological polar surface area (TPSA) is 53.7 Å². The van der Waals surface area contributed by atoms with Gasteiger partial charge < -0.3 is 19.9 Å². The Morgan fingerprint density at radius 3 is 2.63 bits per heavy atom. The molecule has 0 aliphatic carbocycles. The summed E-state index contributed by atoms with van der Waals surface area (Å²) in [6.45, 7) is 6.60. The molecule has 1 aromatic carbocycles. The van der Waals surface area contributed by atoms with Gasteiger partial charge in [-0.2, -0.15) is 0 Å². The van der Waals surface area contributed by atoms with Crippen LogP contribution in [0.1, 0.15) is 30.5 Å². The quantitative estimate of drug-likeness (QED) is 0.698. The first-order chi connectivity index (χ1) is 9.15. The largest absolute Gasteiger partial charge is 0.493 e. The molecule has 0 fully saturated rings. The molecule has 0 bridgehead atoms. The van der Waals surface area contributed by atoms with E-state index < -0.39 is 0 Å². The molecule has 0 aromatic heterocycles. The Bertz CT molecular complexity index is 366. The van der Waals surface area contributed by atoms with E-state index in [4.69, 9.17) is 19.9 Å². The number of methoxy groups -OCH3 is 1. The van der Waals surface area contributed by atoms with Crippen LogP contribution >= 0.6 is 0 Å². The minimum absolute atomic E-state index is 0.0205. The van der Waals surface area contributed by atoms with Gasteiger partial charge in [-0.25, -0.2) is 0 Å². The number of hydrogen-bond donors (Lipinski definition) is 1. The van der Waals surface area contributed by atoms with E-state index in [0.717, 1.165) is 17.7 Å². The van der Waals surface area contributed by atoms with Gasteiger partial charge in [-0.05, 0) is 19.9 Å². The number of aryl methyl sites for hydroxylation is 1. The van der Waals surface area contributed by atoms with Gasteiger partial charge in [-0.1, -0.05) is 17.7 Å². The van der Waals surface area contributed by atoms with Gasteiger partial charge in [0.2, 0.25) is 0 Å². The Labute approximate surface area is 115 Å². The van der Waals surface area contributed by atoms with Crippen LogP contribution in [0.25, 0.3) is 0 Å². The maximum absolute atomic E-state index is 5.95. The Morgan fingerprint density at radius 2 is 1.95 bits per heavy atom. The van der Waals surface area contributed by atoms with Crippen molar-refractivity contribution in [2.75, 3.05) is 33.5 Å². The van der Waals surface area contributed by atoms with Gasteiger partial charge in [0.05, 0.1) is 19.8 Å². The molecule has 1 atom stereocenters. The summed E-state index contributed by atoms with van der Waals surface area (Å²) in [4.78, 5) is 0. The second-order valence-corrected chi connectivity index (χ2v) is 4.64. The average Bonchev–Trinajstić information content (AvgIpc) is 2.39. The average molecular weight is 267 g/mol. The van der Waals surface area contributed by atoms with Crippen LogP contribution in [0.15, 0.2) is 18.2 Å². The predicted octanol–water partition coefficient (Wildman–Crippen LogP) is 2.45. The van der Waals surface area contributed by atoms with Crippen molar-refractivity contribution in [3.8, 4) is 5.75 Å². The van der Waals surface area contributed by atoms with E-state index in [1.54, 1.807) is 7.11 Å². The van der Waals surface area contributed by atoms with Crippen molar-refractivity contribution >= 4 is 0 Å². The van der Waals surface area contributed by atoms with Crippen molar-refractivity contribution in [3.05, 3.63) is 29.3 Å². The van der Waals surface area contributed by atoms with Gasteiger partial charge in [0.15, 0.2) is 0 Å². The molecule has 4 nitrogen and oxygen atoms in total. The minimum atomic E-state index is -0.0205. The van der Waals surface area contributed by atoms with Crippen molar-refractivity contribution in [2.45, 2.75) is 26.3 Å². The van der Waals surface area contributed by atoms with E-state index in [1.165, 1.54) is 5.56 Å². The molecule has 4 heteroatoms. The molecule has 0 saturated heterocycles. The van der Waals surface area contributed by atoms with Gasteiger partial charge >= 0.3 is 0 Å². The van der Waals surface area contributed by atoms with E-state index in [1.807, 2.05) is 19.1 Å². The minimum Gasteiger partial charge on any atom is -0.493 e. The molecule has 2 N–H and O–H groups in total. The van der Waals surface area contributed by atoms with Gasteiger partial charge in [-0.15, -0.1) is 0 Å². The zero-order valence-electron chi connectivity index (χ0n) is 12.1. The molecule has 0 aliphatic rings. The maximum Gasteiger partial charge on any atom is 0.124 e. The molecule has 0 aliphatic heterocycles. The van der Waals surface area contributed by atoms with Crippen molar-refractivity contribution < 1.29 is 14.2 Å². The molecule has 1 rings (SSSR count). The third-order valence-corrected chi connectivity index (χ3v) is 2.78. The normalized spacial score (nSPS) is 12.4. The van der Waals surface area contributed by atoms with Crippen molar-refractivity contribution in [3.63, 3.8) is 0 Å². The summed E-state index contributed by atoms with van der Waals surface area (Å²) < 4.78 is 16.0. The number of hydrogen-bond acceptors (Lipinski definition) is 4. The van der Waals surface area contributed by atoms with Crippen LogP contribution in [-0.2, 0) is 9.47 Å². The van der Waals surface area contributed by atoms with Crippen molar-refractivity contribution in [2.24, 2.45) is 5.73 Å². The molecule has 0 saturated carbocycles. The third kappa shape index (κ3) is 6.05. The Kier molecular flexibility index (Phi) is 7.48. The summed E-state index contributed by atoms with van der Waals surface area (Å²) in [6, 6.07) is 6.08. The Balaban J connectivity index is 2.33. The molecular formula is C15H25NO3. The standard InChI is InChI=1S/C15H25NO3/c1-12-5-6-15(14(11-12)13(2)16)19-8-4-7-18-10-9-17-3/h5-6,11,13H,4,7-10,16H2,1-3H3/t13-/m0/s1. The first-order valence-electron chi connectivity index (χ1n) is 6.70. The van der Waals surface area contributed by atoms with Gasteiger partial charge in [0, 0.05) is 31.7 Å². The lowest BCUT2D eigenvalue weighted by Gasteiger charge is -2.14. The summed E-state index contributed by atoms with van der Waals surface area (Å²) in [5.74, 6) is 0.873. The van der Waals surface area contributed by atoms with E-state index in [9.17, 15) is 0 Å². The molecule has 0 radical (unpaired) electrons. The van der Waals surface area contributed by atoms with Crippen molar-refractivity contribution in [1.82, 2.24) is 0 Å². The monoisotopic (exact) mass is 267 g/mol. The summed E-state index contributed by atoms with van der Waals surface area (Å²) in [5, 5.41) is 0. The van der Waals surface area contributed by atoms with E-state index in [-0.39, 0.29) is 6.04 Å². The summed E-state index contributed by atoms with van der Waals surface area (Å²) in [5.41, 5.74) is 8.20. The number of nitrogens with two attached hydrogens (primary N) is 1. The van der Waals surface area contributed by atoms with Crippen LogP contribution in [-0.4, -0.2) is 33.5 Å². The van der Waals surface area contributed by atoms with Crippen LogP contribution in [0.3, 0.4) is 0 Å². The lowest BCUT2D eigenvalue weighted by molar-refractivity contribution is 0.0644. The van der Waals surface area contributed by atoms with Gasteiger partial charge in [0.1, 0.15) is 5.75 Å². The lowest BCUT2D eigenvalue weighted by atomic mass is 10.1. The molecule has 19 heavy (non-hydrogen) atoms. The first kappa shape index (κ1) is 16.0.